The summed E-state index contributed by atoms with van der Waals surface area (Å²) in [6.07, 6.45) is -0.600. The SMILES string of the molecule is Cc1ccc(Cl)cc1NC(=O)CNCC(O)c1ccsc1. The monoisotopic (exact) mass is 324 g/mol. The Morgan fingerprint density at radius 2 is 2.24 bits per heavy atom. The third-order valence-electron chi connectivity index (χ3n) is 3.02. The molecule has 0 radical (unpaired) electrons. The van der Waals surface area contributed by atoms with Crippen molar-refractivity contribution < 1.29 is 9.90 Å². The van der Waals surface area contributed by atoms with Crippen molar-refractivity contribution in [2.24, 2.45) is 0 Å². The Bertz CT molecular complexity index is 602. The fourth-order valence-electron chi connectivity index (χ4n) is 1.83. The van der Waals surface area contributed by atoms with Crippen LogP contribution in [0.3, 0.4) is 0 Å². The van der Waals surface area contributed by atoms with Crippen LogP contribution in [0.5, 0.6) is 0 Å². The van der Waals surface area contributed by atoms with Crippen molar-refractivity contribution in [2.75, 3.05) is 18.4 Å². The number of aryl methyl sites for hydroxylation is 1. The average Bonchev–Trinajstić information content (AvgIpc) is 2.97. The molecule has 4 nitrogen and oxygen atoms in total. The first-order chi connectivity index (χ1) is 10.1. The number of halogens is 1. The molecule has 1 aromatic carbocycles. The van der Waals surface area contributed by atoms with Crippen molar-refractivity contribution in [1.29, 1.82) is 0 Å². The molecule has 0 spiro atoms. The summed E-state index contributed by atoms with van der Waals surface area (Å²) in [5, 5.41) is 20.0. The van der Waals surface area contributed by atoms with E-state index in [0.29, 0.717) is 17.3 Å². The average molecular weight is 325 g/mol. The Labute approximate surface area is 132 Å². The van der Waals surface area contributed by atoms with Gasteiger partial charge in [-0.15, -0.1) is 0 Å². The number of anilines is 1. The van der Waals surface area contributed by atoms with Gasteiger partial charge in [0.15, 0.2) is 0 Å². The Balaban J connectivity index is 1.78. The highest BCUT2D eigenvalue weighted by atomic mass is 35.5. The summed E-state index contributed by atoms with van der Waals surface area (Å²) in [4.78, 5) is 11.8. The van der Waals surface area contributed by atoms with Gasteiger partial charge in [0.2, 0.25) is 5.91 Å². The van der Waals surface area contributed by atoms with Gasteiger partial charge in [-0.3, -0.25) is 4.79 Å². The summed E-state index contributed by atoms with van der Waals surface area (Å²) in [7, 11) is 0. The van der Waals surface area contributed by atoms with Crippen LogP contribution in [0.2, 0.25) is 5.02 Å². The highest BCUT2D eigenvalue weighted by Crippen LogP contribution is 2.20. The molecule has 1 amide bonds. The lowest BCUT2D eigenvalue weighted by Gasteiger charge is -2.12. The van der Waals surface area contributed by atoms with Crippen molar-refractivity contribution in [3.05, 3.63) is 51.2 Å². The number of nitrogens with one attached hydrogen (secondary N) is 2. The molecule has 21 heavy (non-hydrogen) atoms. The minimum Gasteiger partial charge on any atom is -0.387 e. The molecule has 112 valence electrons. The fourth-order valence-corrected chi connectivity index (χ4v) is 2.71. The molecule has 1 aromatic heterocycles. The third-order valence-corrected chi connectivity index (χ3v) is 3.96. The van der Waals surface area contributed by atoms with Gasteiger partial charge in [-0.2, -0.15) is 11.3 Å². The maximum absolute atomic E-state index is 11.8. The first-order valence-corrected chi connectivity index (χ1v) is 7.85. The van der Waals surface area contributed by atoms with Gasteiger partial charge in [0.1, 0.15) is 0 Å². The number of rotatable bonds is 6. The largest absolute Gasteiger partial charge is 0.387 e. The molecule has 0 fully saturated rings. The van der Waals surface area contributed by atoms with Crippen LogP contribution in [0.15, 0.2) is 35.0 Å². The van der Waals surface area contributed by atoms with Crippen LogP contribution < -0.4 is 10.6 Å². The normalized spacial score (nSPS) is 12.1. The fraction of sp³-hybridized carbons (Fsp3) is 0.267. The summed E-state index contributed by atoms with van der Waals surface area (Å²) < 4.78 is 0. The molecule has 0 bridgehead atoms. The molecule has 0 aliphatic rings. The van der Waals surface area contributed by atoms with Crippen molar-refractivity contribution in [2.45, 2.75) is 13.0 Å². The molecule has 1 atom stereocenters. The third kappa shape index (κ3) is 4.82. The molecule has 0 saturated carbocycles. The summed E-state index contributed by atoms with van der Waals surface area (Å²) in [6.45, 7) is 2.37. The van der Waals surface area contributed by atoms with Gasteiger partial charge in [0.25, 0.3) is 0 Å². The van der Waals surface area contributed by atoms with Crippen molar-refractivity contribution >= 4 is 34.5 Å². The highest BCUT2D eigenvalue weighted by Gasteiger charge is 2.09. The van der Waals surface area contributed by atoms with Crippen LogP contribution in [0.1, 0.15) is 17.2 Å². The van der Waals surface area contributed by atoms with E-state index in [1.54, 1.807) is 12.1 Å². The van der Waals surface area contributed by atoms with Crippen molar-refractivity contribution in [1.82, 2.24) is 5.32 Å². The second-order valence-corrected chi connectivity index (χ2v) is 5.93. The summed E-state index contributed by atoms with van der Waals surface area (Å²) in [5.74, 6) is -0.169. The number of aliphatic hydroxyl groups excluding tert-OH is 1. The molecule has 1 heterocycles. The number of hydrogen-bond donors (Lipinski definition) is 3. The van der Waals surface area contributed by atoms with E-state index in [1.807, 2.05) is 29.8 Å². The predicted molar refractivity (Wildman–Crippen MR) is 87.0 cm³/mol. The Hall–Kier alpha value is -1.40. The van der Waals surface area contributed by atoms with Crippen LogP contribution in [0, 0.1) is 6.92 Å². The molecule has 2 rings (SSSR count). The Morgan fingerprint density at radius 1 is 1.43 bits per heavy atom. The lowest BCUT2D eigenvalue weighted by molar-refractivity contribution is -0.115. The first kappa shape index (κ1) is 16.0. The standard InChI is InChI=1S/C15H17ClN2O2S/c1-10-2-3-12(16)6-13(10)18-15(20)8-17-7-14(19)11-4-5-21-9-11/h2-6,9,14,17,19H,7-8H2,1H3,(H,18,20). The van der Waals surface area contributed by atoms with E-state index in [9.17, 15) is 9.90 Å². The first-order valence-electron chi connectivity index (χ1n) is 6.53. The van der Waals surface area contributed by atoms with Gasteiger partial charge in [-0.1, -0.05) is 17.7 Å². The Kier molecular flexibility index (Phi) is 5.76. The lowest BCUT2D eigenvalue weighted by Crippen LogP contribution is -2.31. The molecule has 1 unspecified atom stereocenters. The molecule has 3 N–H and O–H groups in total. The maximum atomic E-state index is 11.8. The second-order valence-electron chi connectivity index (χ2n) is 4.71. The summed E-state index contributed by atoms with van der Waals surface area (Å²) in [6, 6.07) is 7.22. The highest BCUT2D eigenvalue weighted by molar-refractivity contribution is 7.07. The number of hydrogen-bond acceptors (Lipinski definition) is 4. The van der Waals surface area contributed by atoms with E-state index in [1.165, 1.54) is 11.3 Å². The molecule has 2 aromatic rings. The van der Waals surface area contributed by atoms with E-state index < -0.39 is 6.10 Å². The quantitative estimate of drug-likeness (QED) is 0.765. The summed E-state index contributed by atoms with van der Waals surface area (Å²) >= 11 is 7.44. The van der Waals surface area contributed by atoms with E-state index in [0.717, 1.165) is 11.1 Å². The van der Waals surface area contributed by atoms with Gasteiger partial charge in [-0.25, -0.2) is 0 Å². The number of aliphatic hydroxyl groups is 1. The van der Waals surface area contributed by atoms with Crippen LogP contribution in [-0.2, 0) is 4.79 Å². The minimum absolute atomic E-state index is 0.132. The number of carbonyl (C=O) groups excluding carboxylic acids is 1. The van der Waals surface area contributed by atoms with E-state index >= 15 is 0 Å². The van der Waals surface area contributed by atoms with Gasteiger partial charge in [0, 0.05) is 17.3 Å². The maximum Gasteiger partial charge on any atom is 0.238 e. The molecule has 0 saturated heterocycles. The predicted octanol–water partition coefficient (Wildman–Crippen LogP) is 2.97. The van der Waals surface area contributed by atoms with Gasteiger partial charge in [-0.05, 0) is 47.0 Å². The zero-order valence-electron chi connectivity index (χ0n) is 11.6. The molecule has 6 heteroatoms. The zero-order valence-corrected chi connectivity index (χ0v) is 13.2. The van der Waals surface area contributed by atoms with Crippen molar-refractivity contribution in [3.8, 4) is 0 Å². The van der Waals surface area contributed by atoms with E-state index in [-0.39, 0.29) is 12.5 Å². The second kappa shape index (κ2) is 7.56. The molecular formula is C15H17ClN2O2S. The number of carbonyl (C=O) groups is 1. The smallest absolute Gasteiger partial charge is 0.238 e. The van der Waals surface area contributed by atoms with Crippen molar-refractivity contribution in [3.63, 3.8) is 0 Å². The van der Waals surface area contributed by atoms with Gasteiger partial charge >= 0.3 is 0 Å². The molecule has 0 aliphatic carbocycles. The van der Waals surface area contributed by atoms with Gasteiger partial charge in [0.05, 0.1) is 12.6 Å². The van der Waals surface area contributed by atoms with E-state index in [2.05, 4.69) is 10.6 Å². The molecular weight excluding hydrogens is 308 g/mol. The number of benzene rings is 1. The van der Waals surface area contributed by atoms with Crippen LogP contribution in [0.25, 0.3) is 0 Å². The minimum atomic E-state index is -0.600. The topological polar surface area (TPSA) is 61.4 Å². The van der Waals surface area contributed by atoms with Crippen LogP contribution in [-0.4, -0.2) is 24.1 Å². The molecule has 0 aliphatic heterocycles. The van der Waals surface area contributed by atoms with E-state index in [4.69, 9.17) is 11.6 Å². The van der Waals surface area contributed by atoms with Crippen LogP contribution >= 0.6 is 22.9 Å². The van der Waals surface area contributed by atoms with Crippen LogP contribution in [0.4, 0.5) is 5.69 Å². The Morgan fingerprint density at radius 3 is 2.95 bits per heavy atom. The number of thiophene rings is 1. The van der Waals surface area contributed by atoms with Gasteiger partial charge < -0.3 is 15.7 Å². The summed E-state index contributed by atoms with van der Waals surface area (Å²) in [5.41, 5.74) is 2.51. The zero-order chi connectivity index (χ0) is 15.2. The lowest BCUT2D eigenvalue weighted by atomic mass is 10.2. The number of amides is 1.